The first kappa shape index (κ1) is 14.1. The summed E-state index contributed by atoms with van der Waals surface area (Å²) >= 11 is 4.44. The predicted octanol–water partition coefficient (Wildman–Crippen LogP) is 3.38. The van der Waals surface area contributed by atoms with Crippen molar-refractivity contribution in [3.05, 3.63) is 32.9 Å². The largest absolute Gasteiger partial charge is 0.306 e. The Morgan fingerprint density at radius 2 is 2.21 bits per heavy atom. The molecule has 0 aliphatic carbocycles. The average Bonchev–Trinajstić information content (AvgIpc) is 2.82. The Hall–Kier alpha value is -1.34. The molecule has 7 heteroatoms. The van der Waals surface area contributed by atoms with E-state index in [1.807, 2.05) is 26.8 Å². The molecule has 0 aromatic carbocycles. The van der Waals surface area contributed by atoms with E-state index in [4.69, 9.17) is 0 Å². The van der Waals surface area contributed by atoms with Gasteiger partial charge in [-0.1, -0.05) is 18.3 Å². The molecule has 0 radical (unpaired) electrons. The Labute approximate surface area is 123 Å². The van der Waals surface area contributed by atoms with Gasteiger partial charge >= 0.3 is 0 Å². The fourth-order valence-corrected chi connectivity index (χ4v) is 2.73. The summed E-state index contributed by atoms with van der Waals surface area (Å²) in [5, 5.41) is 6.79. The molecule has 0 fully saturated rings. The molecule has 0 saturated heterocycles. The molecule has 2 aromatic rings. The second-order valence-electron chi connectivity index (χ2n) is 4.42. The van der Waals surface area contributed by atoms with E-state index in [9.17, 15) is 4.79 Å². The first-order valence-corrected chi connectivity index (χ1v) is 7.31. The monoisotopic (exact) mass is 340 g/mol. The van der Waals surface area contributed by atoms with Crippen molar-refractivity contribution in [2.45, 2.75) is 26.7 Å². The van der Waals surface area contributed by atoms with Gasteiger partial charge in [0.2, 0.25) is 0 Å². The van der Waals surface area contributed by atoms with Crippen LogP contribution in [-0.4, -0.2) is 20.5 Å². The zero-order chi connectivity index (χ0) is 14.0. The summed E-state index contributed by atoms with van der Waals surface area (Å²) in [7, 11) is 0. The van der Waals surface area contributed by atoms with E-state index in [1.54, 1.807) is 6.20 Å². The van der Waals surface area contributed by atoms with Crippen LogP contribution in [0.2, 0.25) is 0 Å². The van der Waals surface area contributed by atoms with E-state index in [2.05, 4.69) is 35.8 Å². The summed E-state index contributed by atoms with van der Waals surface area (Å²) in [6.07, 6.45) is 1.65. The minimum absolute atomic E-state index is 0.165. The lowest BCUT2D eigenvalue weighted by atomic mass is 10.1. The van der Waals surface area contributed by atoms with E-state index in [1.165, 1.54) is 0 Å². The molecular weight excluding hydrogens is 328 g/mol. The summed E-state index contributed by atoms with van der Waals surface area (Å²) in [6, 6.07) is 1.90. The van der Waals surface area contributed by atoms with Gasteiger partial charge in [-0.3, -0.25) is 4.79 Å². The number of hydrogen-bond acceptors (Lipinski definition) is 5. The zero-order valence-electron chi connectivity index (χ0n) is 10.8. The van der Waals surface area contributed by atoms with Gasteiger partial charge in [-0.25, -0.2) is 4.98 Å². The fraction of sp³-hybridized carbons (Fsp3) is 0.333. The van der Waals surface area contributed by atoms with E-state index < -0.39 is 0 Å². The Balaban J connectivity index is 2.23. The normalized spacial score (nSPS) is 10.8. The number of pyridine rings is 1. The second-order valence-corrected chi connectivity index (χ2v) is 6.08. The van der Waals surface area contributed by atoms with Crippen molar-refractivity contribution in [3.8, 4) is 0 Å². The van der Waals surface area contributed by atoms with Gasteiger partial charge in [-0.05, 0) is 51.9 Å². The first-order valence-electron chi connectivity index (χ1n) is 5.74. The quantitative estimate of drug-likeness (QED) is 0.929. The van der Waals surface area contributed by atoms with Crippen LogP contribution in [-0.2, 0) is 0 Å². The number of halogens is 1. The minimum Gasteiger partial charge on any atom is -0.306 e. The summed E-state index contributed by atoms with van der Waals surface area (Å²) in [5.74, 6) is 0.506. The number of carbonyl (C=O) groups excluding carboxylic acids is 1. The number of nitrogens with zero attached hydrogens (tertiary/aromatic N) is 3. The molecule has 1 amide bonds. The molecule has 19 heavy (non-hydrogen) atoms. The van der Waals surface area contributed by atoms with Crippen LogP contribution in [0.5, 0.6) is 0 Å². The van der Waals surface area contributed by atoms with Crippen LogP contribution in [0.1, 0.15) is 40.7 Å². The number of aryl methyl sites for hydroxylation is 1. The van der Waals surface area contributed by atoms with Gasteiger partial charge < -0.3 is 5.32 Å². The van der Waals surface area contributed by atoms with Gasteiger partial charge in [0.25, 0.3) is 5.91 Å². The lowest BCUT2D eigenvalue weighted by molar-refractivity contribution is 0.102. The third kappa shape index (κ3) is 3.16. The van der Waals surface area contributed by atoms with Gasteiger partial charge in [0.05, 0.1) is 5.69 Å². The summed E-state index contributed by atoms with van der Waals surface area (Å²) in [6.45, 7) is 5.86. The van der Waals surface area contributed by atoms with Crippen LogP contribution >= 0.6 is 27.5 Å². The smallest absolute Gasteiger partial charge is 0.270 e. The first-order chi connectivity index (χ1) is 8.99. The highest BCUT2D eigenvalue weighted by atomic mass is 79.9. The molecule has 0 aliphatic rings. The number of aromatic nitrogens is 3. The van der Waals surface area contributed by atoms with E-state index in [0.29, 0.717) is 10.7 Å². The topological polar surface area (TPSA) is 67.8 Å². The number of hydrogen-bond donors (Lipinski definition) is 1. The maximum Gasteiger partial charge on any atom is 0.270 e. The van der Waals surface area contributed by atoms with Gasteiger partial charge in [-0.2, -0.15) is 0 Å². The third-order valence-electron chi connectivity index (χ3n) is 2.54. The maximum absolute atomic E-state index is 12.2. The van der Waals surface area contributed by atoms with Crippen molar-refractivity contribution in [1.82, 2.24) is 14.6 Å². The molecule has 0 atom stereocenters. The lowest BCUT2D eigenvalue weighted by Crippen LogP contribution is -2.14. The Morgan fingerprint density at radius 1 is 1.47 bits per heavy atom. The van der Waals surface area contributed by atoms with Crippen LogP contribution in [0.25, 0.3) is 0 Å². The molecule has 2 heterocycles. The standard InChI is InChI=1S/C12H13BrN4OS/c1-6(2)9-10(19-17-16-9)12(18)15-11-7(3)4-8(13)5-14-11/h4-6H,1-3H3,(H,14,15,18). The fourth-order valence-electron chi connectivity index (χ4n) is 1.57. The van der Waals surface area contributed by atoms with Crippen molar-refractivity contribution < 1.29 is 4.79 Å². The molecule has 0 unspecified atom stereocenters. The average molecular weight is 341 g/mol. The number of nitrogens with one attached hydrogen (secondary N) is 1. The van der Waals surface area contributed by atoms with Crippen molar-refractivity contribution in [3.63, 3.8) is 0 Å². The highest BCUT2D eigenvalue weighted by molar-refractivity contribution is 9.10. The minimum atomic E-state index is -0.211. The molecule has 1 N–H and O–H groups in total. The molecule has 2 aromatic heterocycles. The van der Waals surface area contributed by atoms with Crippen LogP contribution in [0, 0.1) is 6.92 Å². The van der Waals surface area contributed by atoms with Gasteiger partial charge in [0, 0.05) is 10.7 Å². The summed E-state index contributed by atoms with van der Waals surface area (Å²) in [5.41, 5.74) is 1.61. The number of amides is 1. The Morgan fingerprint density at radius 3 is 2.84 bits per heavy atom. The molecule has 5 nitrogen and oxygen atoms in total. The van der Waals surface area contributed by atoms with Crippen LogP contribution in [0.3, 0.4) is 0 Å². The summed E-state index contributed by atoms with van der Waals surface area (Å²) in [4.78, 5) is 16.9. The molecule has 0 aliphatic heterocycles. The van der Waals surface area contributed by atoms with Gasteiger partial charge in [-0.15, -0.1) is 5.10 Å². The Bertz CT molecular complexity index is 612. The molecule has 2 rings (SSSR count). The van der Waals surface area contributed by atoms with Crippen LogP contribution in [0.15, 0.2) is 16.7 Å². The molecular formula is C12H13BrN4OS. The lowest BCUT2D eigenvalue weighted by Gasteiger charge is -2.08. The van der Waals surface area contributed by atoms with Crippen LogP contribution < -0.4 is 5.32 Å². The predicted molar refractivity (Wildman–Crippen MR) is 78.6 cm³/mol. The van der Waals surface area contributed by atoms with E-state index in [0.717, 1.165) is 27.3 Å². The highest BCUT2D eigenvalue weighted by Crippen LogP contribution is 2.22. The second kappa shape index (κ2) is 5.75. The van der Waals surface area contributed by atoms with Crippen LogP contribution in [0.4, 0.5) is 5.82 Å². The van der Waals surface area contributed by atoms with Crippen molar-refractivity contribution >= 4 is 39.2 Å². The van der Waals surface area contributed by atoms with Gasteiger partial charge in [0.15, 0.2) is 0 Å². The number of carbonyl (C=O) groups is 1. The van der Waals surface area contributed by atoms with Crippen molar-refractivity contribution in [2.75, 3.05) is 5.32 Å². The Kier molecular flexibility index (Phi) is 4.26. The molecule has 0 saturated carbocycles. The molecule has 0 bridgehead atoms. The van der Waals surface area contributed by atoms with E-state index in [-0.39, 0.29) is 11.8 Å². The maximum atomic E-state index is 12.2. The van der Waals surface area contributed by atoms with E-state index >= 15 is 0 Å². The number of rotatable bonds is 3. The van der Waals surface area contributed by atoms with Gasteiger partial charge in [0.1, 0.15) is 10.7 Å². The third-order valence-corrected chi connectivity index (χ3v) is 3.72. The molecule has 100 valence electrons. The summed E-state index contributed by atoms with van der Waals surface area (Å²) < 4.78 is 4.73. The molecule has 0 spiro atoms. The highest BCUT2D eigenvalue weighted by Gasteiger charge is 2.19. The van der Waals surface area contributed by atoms with Crippen molar-refractivity contribution in [1.29, 1.82) is 0 Å². The zero-order valence-corrected chi connectivity index (χ0v) is 13.2. The SMILES string of the molecule is Cc1cc(Br)cnc1NC(=O)c1snnc1C(C)C. The van der Waals surface area contributed by atoms with Crippen molar-refractivity contribution in [2.24, 2.45) is 0 Å². The number of anilines is 1.